The third-order valence-corrected chi connectivity index (χ3v) is 2.90. The van der Waals surface area contributed by atoms with E-state index in [9.17, 15) is 14.7 Å². The first kappa shape index (κ1) is 16.2. The molecule has 0 radical (unpaired) electrons. The molecule has 1 rings (SSSR count). The van der Waals surface area contributed by atoms with Crippen LogP contribution in [0, 0.1) is 0 Å². The lowest BCUT2D eigenvalue weighted by Crippen LogP contribution is -2.48. The van der Waals surface area contributed by atoms with Gasteiger partial charge in [-0.3, -0.25) is 4.79 Å². The van der Waals surface area contributed by atoms with Crippen LogP contribution in [-0.2, 0) is 14.3 Å². The number of unbranched alkanes of at least 4 members (excludes halogenated alkanes) is 3. The Morgan fingerprint density at radius 2 is 2.15 bits per heavy atom. The van der Waals surface area contributed by atoms with E-state index in [0.717, 1.165) is 25.7 Å². The lowest BCUT2D eigenvalue weighted by atomic mass is 10.2. The normalized spacial score (nSPS) is 17.8. The molecule has 0 aromatic rings. The van der Waals surface area contributed by atoms with E-state index in [1.807, 2.05) is 0 Å². The molecule has 6 heteroatoms. The molecule has 1 amide bonds. The Labute approximate surface area is 119 Å². The number of aliphatic hydroxyl groups is 1. The monoisotopic (exact) mass is 282 g/mol. The van der Waals surface area contributed by atoms with Crippen LogP contribution in [0.5, 0.6) is 0 Å². The average molecular weight is 282 g/mol. The lowest BCUT2D eigenvalue weighted by molar-refractivity contribution is -0.139. The van der Waals surface area contributed by atoms with Gasteiger partial charge >= 0.3 is 5.97 Å². The van der Waals surface area contributed by atoms with Crippen LogP contribution in [-0.4, -0.2) is 41.4 Å². The Morgan fingerprint density at radius 1 is 1.45 bits per heavy atom. The first-order valence-corrected chi connectivity index (χ1v) is 6.76. The SMILES string of the molecule is C=C(C)C(=O)OCCCCCCN1C=CC(=O)NC1O. The molecular formula is C14H22N2O4. The number of carbonyl (C=O) groups is 2. The van der Waals surface area contributed by atoms with E-state index in [0.29, 0.717) is 18.7 Å². The molecule has 1 aliphatic heterocycles. The topological polar surface area (TPSA) is 78.9 Å². The van der Waals surface area contributed by atoms with E-state index >= 15 is 0 Å². The summed E-state index contributed by atoms with van der Waals surface area (Å²) in [7, 11) is 0. The van der Waals surface area contributed by atoms with E-state index in [1.165, 1.54) is 6.08 Å². The predicted molar refractivity (Wildman–Crippen MR) is 74.2 cm³/mol. The van der Waals surface area contributed by atoms with Crippen LogP contribution in [0.4, 0.5) is 0 Å². The zero-order valence-corrected chi connectivity index (χ0v) is 11.8. The number of carbonyl (C=O) groups excluding carboxylic acids is 2. The molecule has 1 heterocycles. The van der Waals surface area contributed by atoms with Crippen LogP contribution in [0.1, 0.15) is 32.6 Å². The van der Waals surface area contributed by atoms with Gasteiger partial charge in [0.15, 0.2) is 0 Å². The zero-order valence-electron chi connectivity index (χ0n) is 11.8. The van der Waals surface area contributed by atoms with E-state index in [-0.39, 0.29) is 11.9 Å². The first-order valence-electron chi connectivity index (χ1n) is 6.76. The molecule has 0 bridgehead atoms. The van der Waals surface area contributed by atoms with Crippen LogP contribution in [0.3, 0.4) is 0 Å². The summed E-state index contributed by atoms with van der Waals surface area (Å²) >= 11 is 0. The fraction of sp³-hybridized carbons (Fsp3) is 0.571. The highest BCUT2D eigenvalue weighted by molar-refractivity contribution is 5.88. The number of nitrogens with one attached hydrogen (secondary N) is 1. The van der Waals surface area contributed by atoms with E-state index in [1.54, 1.807) is 18.0 Å². The van der Waals surface area contributed by atoms with Gasteiger partial charge in [-0.2, -0.15) is 0 Å². The quantitative estimate of drug-likeness (QED) is 0.393. The molecule has 20 heavy (non-hydrogen) atoms. The molecule has 6 nitrogen and oxygen atoms in total. The standard InChI is InChI=1S/C14H22N2O4/c1-11(2)13(18)20-10-6-4-3-5-8-16-9-7-12(17)15-14(16)19/h7,9,14,19H,1,3-6,8,10H2,2H3,(H,15,17). The molecular weight excluding hydrogens is 260 g/mol. The van der Waals surface area contributed by atoms with Gasteiger partial charge in [0.2, 0.25) is 12.3 Å². The van der Waals surface area contributed by atoms with Crippen molar-refractivity contribution >= 4 is 11.9 Å². The molecule has 112 valence electrons. The van der Waals surface area contributed by atoms with Gasteiger partial charge in [0.25, 0.3) is 0 Å². The molecule has 0 aromatic heterocycles. The van der Waals surface area contributed by atoms with Gasteiger partial charge in [-0.25, -0.2) is 4.79 Å². The maximum atomic E-state index is 11.1. The van der Waals surface area contributed by atoms with E-state index in [2.05, 4.69) is 11.9 Å². The smallest absolute Gasteiger partial charge is 0.333 e. The molecule has 0 saturated carbocycles. The zero-order chi connectivity index (χ0) is 15.0. The van der Waals surface area contributed by atoms with Crippen molar-refractivity contribution in [1.82, 2.24) is 10.2 Å². The number of ether oxygens (including phenoxy) is 1. The second-order valence-electron chi connectivity index (χ2n) is 4.77. The lowest BCUT2D eigenvalue weighted by Gasteiger charge is -2.29. The van der Waals surface area contributed by atoms with Crippen LogP contribution < -0.4 is 5.32 Å². The summed E-state index contributed by atoms with van der Waals surface area (Å²) in [6.07, 6.45) is 5.67. The van der Waals surface area contributed by atoms with Gasteiger partial charge in [0, 0.05) is 24.4 Å². The Hall–Kier alpha value is -1.82. The van der Waals surface area contributed by atoms with Gasteiger partial charge in [-0.05, 0) is 26.2 Å². The van der Waals surface area contributed by atoms with Crippen molar-refractivity contribution in [2.75, 3.05) is 13.2 Å². The Bertz CT molecular complexity index is 393. The van der Waals surface area contributed by atoms with Gasteiger partial charge in [0.05, 0.1) is 6.61 Å². The second-order valence-corrected chi connectivity index (χ2v) is 4.77. The maximum absolute atomic E-state index is 11.1. The van der Waals surface area contributed by atoms with Crippen molar-refractivity contribution < 1.29 is 19.4 Å². The minimum atomic E-state index is -0.941. The minimum Gasteiger partial charge on any atom is -0.462 e. The minimum absolute atomic E-state index is 0.284. The van der Waals surface area contributed by atoms with E-state index in [4.69, 9.17) is 4.74 Å². The van der Waals surface area contributed by atoms with E-state index < -0.39 is 6.35 Å². The van der Waals surface area contributed by atoms with Crippen LogP contribution in [0.25, 0.3) is 0 Å². The third-order valence-electron chi connectivity index (χ3n) is 2.90. The highest BCUT2D eigenvalue weighted by atomic mass is 16.5. The van der Waals surface area contributed by atoms with Crippen molar-refractivity contribution in [1.29, 1.82) is 0 Å². The Balaban J connectivity index is 2.02. The summed E-state index contributed by atoms with van der Waals surface area (Å²) in [6.45, 7) is 6.21. The summed E-state index contributed by atoms with van der Waals surface area (Å²) in [4.78, 5) is 23.7. The number of hydrogen-bond donors (Lipinski definition) is 2. The van der Waals surface area contributed by atoms with Gasteiger partial charge in [0.1, 0.15) is 0 Å². The molecule has 0 fully saturated rings. The van der Waals surface area contributed by atoms with Crippen molar-refractivity contribution in [3.05, 3.63) is 24.4 Å². The predicted octanol–water partition coefficient (Wildman–Crippen LogP) is 0.887. The van der Waals surface area contributed by atoms with Crippen molar-refractivity contribution in [2.45, 2.75) is 39.0 Å². The Morgan fingerprint density at radius 3 is 2.80 bits per heavy atom. The summed E-state index contributed by atoms with van der Waals surface area (Å²) in [5.74, 6) is -0.629. The van der Waals surface area contributed by atoms with Crippen molar-refractivity contribution in [3.8, 4) is 0 Å². The summed E-state index contributed by atoms with van der Waals surface area (Å²) in [6, 6.07) is 0. The van der Waals surface area contributed by atoms with Crippen molar-refractivity contribution in [3.63, 3.8) is 0 Å². The Kier molecular flexibility index (Phi) is 6.79. The van der Waals surface area contributed by atoms with Crippen LogP contribution in [0.15, 0.2) is 24.4 Å². The number of rotatable bonds is 8. The largest absolute Gasteiger partial charge is 0.462 e. The first-order chi connectivity index (χ1) is 9.50. The maximum Gasteiger partial charge on any atom is 0.333 e. The highest BCUT2D eigenvalue weighted by Gasteiger charge is 2.17. The summed E-state index contributed by atoms with van der Waals surface area (Å²) in [5, 5.41) is 12.0. The van der Waals surface area contributed by atoms with Gasteiger partial charge < -0.3 is 20.1 Å². The fourth-order valence-electron chi connectivity index (χ4n) is 1.74. The summed E-state index contributed by atoms with van der Waals surface area (Å²) < 4.78 is 4.98. The number of aliphatic hydroxyl groups excluding tert-OH is 1. The van der Waals surface area contributed by atoms with Gasteiger partial charge in [-0.1, -0.05) is 13.0 Å². The molecule has 2 N–H and O–H groups in total. The third kappa shape index (κ3) is 5.88. The van der Waals surface area contributed by atoms with Crippen LogP contribution in [0.2, 0.25) is 0 Å². The fourth-order valence-corrected chi connectivity index (χ4v) is 1.74. The summed E-state index contributed by atoms with van der Waals surface area (Å²) in [5.41, 5.74) is 0.415. The molecule has 1 unspecified atom stereocenters. The highest BCUT2D eigenvalue weighted by Crippen LogP contribution is 2.07. The van der Waals surface area contributed by atoms with Crippen LogP contribution >= 0.6 is 0 Å². The molecule has 0 aliphatic carbocycles. The molecule has 1 aliphatic rings. The van der Waals surface area contributed by atoms with Crippen molar-refractivity contribution in [2.24, 2.45) is 0 Å². The second kappa shape index (κ2) is 8.37. The average Bonchev–Trinajstić information content (AvgIpc) is 2.39. The molecule has 0 spiro atoms. The number of nitrogens with zero attached hydrogens (tertiary/aromatic N) is 1. The molecule has 0 aromatic carbocycles. The number of esters is 1. The number of hydrogen-bond acceptors (Lipinski definition) is 5. The van der Waals surface area contributed by atoms with Gasteiger partial charge in [-0.15, -0.1) is 0 Å². The number of amides is 1. The molecule has 1 atom stereocenters. The molecule has 0 saturated heterocycles.